The molecule has 0 aliphatic carbocycles. The van der Waals surface area contributed by atoms with Gasteiger partial charge in [-0.15, -0.1) is 0 Å². The second-order valence-corrected chi connectivity index (χ2v) is 4.91. The topological polar surface area (TPSA) is 9.23 Å². The zero-order valence-electron chi connectivity index (χ0n) is 9.97. The molecule has 1 aromatic rings. The molecule has 0 saturated heterocycles. The Morgan fingerprint density at radius 1 is 1.40 bits per heavy atom. The fraction of sp³-hybridized carbons (Fsp3) is 0.571. The summed E-state index contributed by atoms with van der Waals surface area (Å²) in [6.07, 6.45) is 4.66. The summed E-state index contributed by atoms with van der Waals surface area (Å²) in [6.45, 7) is 6.60. The first-order valence-electron chi connectivity index (χ1n) is 5.91. The average Bonchev–Trinajstić information content (AvgIpc) is 2.19. The van der Waals surface area contributed by atoms with Gasteiger partial charge >= 0.3 is 0 Å². The molecule has 0 aromatic heterocycles. The summed E-state index contributed by atoms with van der Waals surface area (Å²) in [5.74, 6) is 1.10. The van der Waals surface area contributed by atoms with Crippen molar-refractivity contribution in [1.82, 2.24) is 0 Å². The molecule has 0 bridgehead atoms. The first-order valence-corrected chi connectivity index (χ1v) is 5.91. The van der Waals surface area contributed by atoms with Crippen LogP contribution in [-0.2, 0) is 6.42 Å². The Morgan fingerprint density at radius 2 is 2.20 bits per heavy atom. The smallest absolute Gasteiger partial charge is 0.123 e. The molecule has 0 amide bonds. The second kappa shape index (κ2) is 3.88. The molecular weight excluding hydrogens is 184 g/mol. The van der Waals surface area contributed by atoms with E-state index in [9.17, 15) is 0 Å². The molecule has 1 heterocycles. The first-order chi connectivity index (χ1) is 7.13. The van der Waals surface area contributed by atoms with E-state index >= 15 is 0 Å². The van der Waals surface area contributed by atoms with Gasteiger partial charge in [0.15, 0.2) is 0 Å². The number of hydrogen-bond donors (Lipinski definition) is 0. The van der Waals surface area contributed by atoms with Crippen molar-refractivity contribution in [2.45, 2.75) is 52.1 Å². The van der Waals surface area contributed by atoms with E-state index in [1.807, 2.05) is 0 Å². The number of hydrogen-bond acceptors (Lipinski definition) is 1. The molecule has 1 atom stereocenters. The van der Waals surface area contributed by atoms with Crippen LogP contribution in [0.4, 0.5) is 0 Å². The third-order valence-corrected chi connectivity index (χ3v) is 3.27. The summed E-state index contributed by atoms with van der Waals surface area (Å²) < 4.78 is 6.11. The van der Waals surface area contributed by atoms with Crippen LogP contribution in [0.3, 0.4) is 0 Å². The molecule has 82 valence electrons. The average molecular weight is 204 g/mol. The Hall–Kier alpha value is -0.980. The van der Waals surface area contributed by atoms with E-state index in [4.69, 9.17) is 4.74 Å². The molecule has 0 saturated carbocycles. The van der Waals surface area contributed by atoms with Crippen LogP contribution >= 0.6 is 0 Å². The monoisotopic (exact) mass is 204 g/mol. The van der Waals surface area contributed by atoms with Gasteiger partial charge in [0.25, 0.3) is 0 Å². The van der Waals surface area contributed by atoms with Crippen LogP contribution in [0.15, 0.2) is 18.2 Å². The highest BCUT2D eigenvalue weighted by Crippen LogP contribution is 2.35. The number of benzene rings is 1. The standard InChI is InChI=1S/C14H20O/c1-4-8-14(3)9-7-12-10-11(2)5-6-13(12)15-14/h5-6,10H,4,7-9H2,1-3H3. The predicted octanol–water partition coefficient (Wildman–Crippen LogP) is 3.88. The molecule has 15 heavy (non-hydrogen) atoms. The maximum absolute atomic E-state index is 6.11. The van der Waals surface area contributed by atoms with E-state index in [0.29, 0.717) is 0 Å². The molecule has 1 nitrogen and oxygen atoms in total. The van der Waals surface area contributed by atoms with E-state index in [1.165, 1.54) is 17.5 Å². The number of ether oxygens (including phenoxy) is 1. The summed E-state index contributed by atoms with van der Waals surface area (Å²) in [6, 6.07) is 6.51. The van der Waals surface area contributed by atoms with Crippen molar-refractivity contribution in [3.05, 3.63) is 29.3 Å². The van der Waals surface area contributed by atoms with Gasteiger partial charge in [0.1, 0.15) is 11.4 Å². The summed E-state index contributed by atoms with van der Waals surface area (Å²) in [4.78, 5) is 0. The van der Waals surface area contributed by atoms with Crippen molar-refractivity contribution < 1.29 is 4.74 Å². The van der Waals surface area contributed by atoms with Crippen LogP contribution in [0, 0.1) is 6.92 Å². The van der Waals surface area contributed by atoms with Gasteiger partial charge in [-0.1, -0.05) is 31.0 Å². The molecule has 0 radical (unpaired) electrons. The summed E-state index contributed by atoms with van der Waals surface area (Å²) in [5, 5.41) is 0. The van der Waals surface area contributed by atoms with Crippen LogP contribution in [0.25, 0.3) is 0 Å². The van der Waals surface area contributed by atoms with E-state index in [2.05, 4.69) is 39.0 Å². The largest absolute Gasteiger partial charge is 0.487 e. The number of aryl methyl sites for hydroxylation is 2. The van der Waals surface area contributed by atoms with Crippen molar-refractivity contribution in [3.63, 3.8) is 0 Å². The fourth-order valence-electron chi connectivity index (χ4n) is 2.42. The molecule has 0 N–H and O–H groups in total. The summed E-state index contributed by atoms with van der Waals surface area (Å²) in [7, 11) is 0. The molecule has 2 rings (SSSR count). The Kier molecular flexibility index (Phi) is 2.72. The van der Waals surface area contributed by atoms with Crippen molar-refractivity contribution in [2.75, 3.05) is 0 Å². The zero-order valence-corrected chi connectivity index (χ0v) is 9.97. The zero-order chi connectivity index (χ0) is 10.9. The molecule has 0 fully saturated rings. The van der Waals surface area contributed by atoms with Crippen LogP contribution in [0.1, 0.15) is 44.2 Å². The second-order valence-electron chi connectivity index (χ2n) is 4.91. The molecule has 1 aliphatic heterocycles. The van der Waals surface area contributed by atoms with Crippen molar-refractivity contribution in [2.24, 2.45) is 0 Å². The van der Waals surface area contributed by atoms with E-state index in [1.54, 1.807) is 0 Å². The van der Waals surface area contributed by atoms with Crippen LogP contribution < -0.4 is 4.74 Å². The maximum atomic E-state index is 6.11. The van der Waals surface area contributed by atoms with Gasteiger partial charge in [-0.25, -0.2) is 0 Å². The number of fused-ring (bicyclic) bond motifs is 1. The summed E-state index contributed by atoms with van der Waals surface area (Å²) >= 11 is 0. The fourth-order valence-corrected chi connectivity index (χ4v) is 2.42. The lowest BCUT2D eigenvalue weighted by Crippen LogP contribution is -2.36. The van der Waals surface area contributed by atoms with E-state index < -0.39 is 0 Å². The number of rotatable bonds is 2. The van der Waals surface area contributed by atoms with Crippen LogP contribution in [0.2, 0.25) is 0 Å². The Labute approximate surface area is 92.5 Å². The van der Waals surface area contributed by atoms with Crippen LogP contribution in [-0.4, -0.2) is 5.60 Å². The van der Waals surface area contributed by atoms with Gasteiger partial charge in [-0.2, -0.15) is 0 Å². The van der Waals surface area contributed by atoms with Crippen molar-refractivity contribution >= 4 is 0 Å². The Balaban J connectivity index is 2.23. The van der Waals surface area contributed by atoms with Crippen molar-refractivity contribution in [1.29, 1.82) is 0 Å². The van der Waals surface area contributed by atoms with Gasteiger partial charge in [0.05, 0.1) is 0 Å². The Bertz CT molecular complexity index is 356. The van der Waals surface area contributed by atoms with Gasteiger partial charge in [-0.05, 0) is 44.7 Å². The third-order valence-electron chi connectivity index (χ3n) is 3.27. The van der Waals surface area contributed by atoms with Gasteiger partial charge in [0, 0.05) is 0 Å². The van der Waals surface area contributed by atoms with Gasteiger partial charge < -0.3 is 4.74 Å². The summed E-state index contributed by atoms with van der Waals surface area (Å²) in [5.41, 5.74) is 2.77. The molecule has 1 aliphatic rings. The molecule has 1 aromatic carbocycles. The first kappa shape index (κ1) is 10.5. The maximum Gasteiger partial charge on any atom is 0.123 e. The van der Waals surface area contributed by atoms with E-state index in [0.717, 1.165) is 25.0 Å². The molecule has 1 unspecified atom stereocenters. The Morgan fingerprint density at radius 3 is 2.93 bits per heavy atom. The lowest BCUT2D eigenvalue weighted by atomic mass is 9.88. The minimum atomic E-state index is 0.0665. The minimum absolute atomic E-state index is 0.0665. The van der Waals surface area contributed by atoms with Crippen LogP contribution in [0.5, 0.6) is 5.75 Å². The normalized spacial score (nSPS) is 24.5. The molecule has 0 spiro atoms. The SMILES string of the molecule is CCCC1(C)CCc2cc(C)ccc2O1. The quantitative estimate of drug-likeness (QED) is 0.710. The van der Waals surface area contributed by atoms with Crippen molar-refractivity contribution in [3.8, 4) is 5.75 Å². The highest BCUT2D eigenvalue weighted by atomic mass is 16.5. The van der Waals surface area contributed by atoms with Gasteiger partial charge in [-0.3, -0.25) is 0 Å². The minimum Gasteiger partial charge on any atom is -0.487 e. The lowest BCUT2D eigenvalue weighted by Gasteiger charge is -2.35. The van der Waals surface area contributed by atoms with E-state index in [-0.39, 0.29) is 5.60 Å². The highest BCUT2D eigenvalue weighted by molar-refractivity contribution is 5.39. The molecular formula is C14H20O. The highest BCUT2D eigenvalue weighted by Gasteiger charge is 2.30. The third kappa shape index (κ3) is 2.17. The molecule has 1 heteroatoms. The van der Waals surface area contributed by atoms with Gasteiger partial charge in [0.2, 0.25) is 0 Å². The predicted molar refractivity (Wildman–Crippen MR) is 63.4 cm³/mol. The lowest BCUT2D eigenvalue weighted by molar-refractivity contribution is 0.0555.